The van der Waals surface area contributed by atoms with Crippen LogP contribution in [-0.2, 0) is 19.2 Å². The Labute approximate surface area is 348 Å². The van der Waals surface area contributed by atoms with E-state index in [9.17, 15) is 9.59 Å². The monoisotopic (exact) mass is 786 g/mol. The Balaban J connectivity index is 1.14. The fourth-order valence-electron chi connectivity index (χ4n) is 9.66. The quantitative estimate of drug-likeness (QED) is 0.173. The number of carbonyl (C=O) groups excluding carboxylic acids is 4. The van der Waals surface area contributed by atoms with E-state index < -0.39 is 23.9 Å². The van der Waals surface area contributed by atoms with Crippen LogP contribution in [0.5, 0.6) is 0 Å². The molecule has 0 radical (unpaired) electrons. The molecule has 6 aromatic carbocycles. The maximum absolute atomic E-state index is 15.8. The zero-order chi connectivity index (χ0) is 40.7. The van der Waals surface area contributed by atoms with Crippen molar-refractivity contribution in [3.05, 3.63) is 215 Å². The van der Waals surface area contributed by atoms with E-state index in [4.69, 9.17) is 0 Å². The van der Waals surface area contributed by atoms with Gasteiger partial charge in [0.05, 0.1) is 34.8 Å². The summed E-state index contributed by atoms with van der Waals surface area (Å²) in [6.45, 7) is 0. The molecule has 4 atom stereocenters. The molecule has 2 amide bonds. The van der Waals surface area contributed by atoms with Gasteiger partial charge in [0.1, 0.15) is 0 Å². The van der Waals surface area contributed by atoms with Gasteiger partial charge in [0, 0.05) is 35.4 Å². The van der Waals surface area contributed by atoms with E-state index >= 15 is 9.59 Å². The highest BCUT2D eigenvalue weighted by atomic mass is 16.2. The number of allylic oxidation sites excluding steroid dienone is 2. The minimum atomic E-state index is -0.925. The van der Waals surface area contributed by atoms with Crippen molar-refractivity contribution < 1.29 is 19.2 Å². The molecule has 294 valence electrons. The first-order chi connectivity index (χ1) is 29.4. The maximum atomic E-state index is 15.8. The first-order valence-electron chi connectivity index (χ1n) is 20.6. The molecule has 10 rings (SSSR count). The number of rotatable bonds is 4. The zero-order valence-electron chi connectivity index (χ0n) is 32.8. The minimum Gasteiger partial charge on any atom is -0.357 e. The number of hydrogen-bond donors (Lipinski definition) is 2. The predicted octanol–water partition coefficient (Wildman–Crippen LogP) is 10.2. The number of fused-ring (bicyclic) bond motifs is 2. The van der Waals surface area contributed by atoms with Crippen LogP contribution in [0.25, 0.3) is 0 Å². The molecule has 0 saturated heterocycles. The average molecular weight is 787 g/mol. The molecule has 0 fully saturated rings. The third-order valence-corrected chi connectivity index (χ3v) is 12.4. The lowest BCUT2D eigenvalue weighted by Crippen LogP contribution is -2.50. The van der Waals surface area contributed by atoms with E-state index in [1.807, 2.05) is 170 Å². The van der Waals surface area contributed by atoms with Crippen molar-refractivity contribution in [2.24, 2.45) is 0 Å². The summed E-state index contributed by atoms with van der Waals surface area (Å²) in [5.74, 6) is -1.97. The standard InChI is InChI=1S/C52H42N4O4/c57-45-31-37(33-17-5-1-6-18-33)29-41-47(45)49(35-21-9-3-10-22-35)55(43-27-15-13-25-39(43)53-41)51(59)52(60)56-44-28-16-14-26-40(44)54-42-30-38(34-19-7-2-8-20-34)32-46(58)48(42)50(56)36-23-11-4-12-24-36/h1-28,37-38,49-50,53-54H,29-32H2. The predicted molar refractivity (Wildman–Crippen MR) is 234 cm³/mol. The molecule has 2 N–H and O–H groups in total. The largest absolute Gasteiger partial charge is 0.357 e. The summed E-state index contributed by atoms with van der Waals surface area (Å²) in [7, 11) is 0. The average Bonchev–Trinajstić information content (AvgIpc) is 3.54. The molecular weight excluding hydrogens is 745 g/mol. The Morgan fingerprint density at radius 3 is 1.08 bits per heavy atom. The Kier molecular flexibility index (Phi) is 9.53. The molecule has 4 unspecified atom stereocenters. The smallest absolute Gasteiger partial charge is 0.317 e. The minimum absolute atomic E-state index is 0.0675. The van der Waals surface area contributed by atoms with E-state index in [1.54, 1.807) is 0 Å². The molecule has 60 heavy (non-hydrogen) atoms. The first-order valence-corrected chi connectivity index (χ1v) is 20.6. The molecule has 0 bridgehead atoms. The van der Waals surface area contributed by atoms with Crippen molar-refractivity contribution in [1.29, 1.82) is 0 Å². The molecule has 0 spiro atoms. The van der Waals surface area contributed by atoms with Crippen LogP contribution in [0, 0.1) is 0 Å². The second-order valence-corrected chi connectivity index (χ2v) is 15.9. The lowest BCUT2D eigenvalue weighted by molar-refractivity contribution is -0.136. The molecule has 8 heteroatoms. The van der Waals surface area contributed by atoms with Crippen molar-refractivity contribution in [3.8, 4) is 0 Å². The Morgan fingerprint density at radius 1 is 0.400 bits per heavy atom. The molecule has 8 nitrogen and oxygen atoms in total. The molecule has 2 heterocycles. The molecule has 0 saturated carbocycles. The summed E-state index contributed by atoms with van der Waals surface area (Å²) in [6, 6.07) is 52.0. The van der Waals surface area contributed by atoms with Crippen molar-refractivity contribution >= 4 is 46.1 Å². The molecular formula is C52H42N4O4. The third-order valence-electron chi connectivity index (χ3n) is 12.4. The summed E-state index contributed by atoms with van der Waals surface area (Å²) in [4.78, 5) is 64.1. The highest BCUT2D eigenvalue weighted by molar-refractivity contribution is 6.46. The summed E-state index contributed by atoms with van der Waals surface area (Å²) < 4.78 is 0. The normalized spacial score (nSPS) is 21.0. The van der Waals surface area contributed by atoms with Crippen molar-refractivity contribution in [2.75, 3.05) is 20.4 Å². The van der Waals surface area contributed by atoms with Gasteiger partial charge in [0.25, 0.3) is 0 Å². The lowest BCUT2D eigenvalue weighted by atomic mass is 9.78. The Bertz CT molecular complexity index is 2520. The number of anilines is 4. The fourth-order valence-corrected chi connectivity index (χ4v) is 9.66. The molecule has 6 aromatic rings. The van der Waals surface area contributed by atoms with Crippen LogP contribution in [-0.4, -0.2) is 23.4 Å². The van der Waals surface area contributed by atoms with Crippen LogP contribution >= 0.6 is 0 Å². The number of ketones is 2. The van der Waals surface area contributed by atoms with Gasteiger partial charge in [-0.25, -0.2) is 0 Å². The highest BCUT2D eigenvalue weighted by Crippen LogP contribution is 2.50. The van der Waals surface area contributed by atoms with E-state index in [2.05, 4.69) is 10.6 Å². The van der Waals surface area contributed by atoms with E-state index in [0.29, 0.717) is 57.9 Å². The highest BCUT2D eigenvalue weighted by Gasteiger charge is 2.48. The summed E-state index contributed by atoms with van der Waals surface area (Å²) in [6.07, 6.45) is 1.60. The number of carbonyl (C=O) groups is 4. The molecule has 4 aliphatic rings. The fraction of sp³-hybridized carbons (Fsp3) is 0.154. The topological polar surface area (TPSA) is 98.8 Å². The number of nitrogens with one attached hydrogen (secondary N) is 2. The molecule has 0 aromatic heterocycles. The summed E-state index contributed by atoms with van der Waals surface area (Å²) in [5.41, 5.74) is 8.09. The number of para-hydroxylation sites is 4. The number of hydrogen-bond acceptors (Lipinski definition) is 6. The van der Waals surface area contributed by atoms with E-state index in [-0.39, 0.29) is 36.2 Å². The Morgan fingerprint density at radius 2 is 0.717 bits per heavy atom. The van der Waals surface area contributed by atoms with Gasteiger partial charge in [-0.1, -0.05) is 146 Å². The lowest BCUT2D eigenvalue weighted by Gasteiger charge is -2.38. The first kappa shape index (κ1) is 37.0. The molecule has 2 aliphatic carbocycles. The zero-order valence-corrected chi connectivity index (χ0v) is 32.8. The number of nitrogens with zero attached hydrogens (tertiary/aromatic N) is 2. The van der Waals surface area contributed by atoms with Crippen LogP contribution in [0.3, 0.4) is 0 Å². The van der Waals surface area contributed by atoms with Gasteiger partial charge < -0.3 is 10.6 Å². The number of Topliss-reactive ketones (excluding diaryl/α,β-unsaturated/α-hetero) is 2. The Hall–Kier alpha value is -7.32. The van der Waals surface area contributed by atoms with Gasteiger partial charge in [0.2, 0.25) is 0 Å². The van der Waals surface area contributed by atoms with Gasteiger partial charge in [-0.2, -0.15) is 0 Å². The van der Waals surface area contributed by atoms with Gasteiger partial charge in [-0.3, -0.25) is 29.0 Å². The summed E-state index contributed by atoms with van der Waals surface area (Å²) in [5, 5.41) is 7.19. The SMILES string of the molecule is O=C1CC(c2ccccc2)CC2=C1C(c1ccccc1)N(C(=O)C(=O)N1c3ccccc3NC3=C(C(=O)CC(c4ccccc4)C3)C1c1ccccc1)c1ccccc1N2. The van der Waals surface area contributed by atoms with E-state index in [0.717, 1.165) is 22.5 Å². The van der Waals surface area contributed by atoms with Crippen molar-refractivity contribution in [1.82, 2.24) is 0 Å². The second kappa shape index (κ2) is 15.5. The third kappa shape index (κ3) is 6.50. The van der Waals surface area contributed by atoms with Crippen molar-refractivity contribution in [2.45, 2.75) is 49.6 Å². The van der Waals surface area contributed by atoms with Crippen LogP contribution < -0.4 is 20.4 Å². The summed E-state index contributed by atoms with van der Waals surface area (Å²) >= 11 is 0. The number of amides is 2. The number of benzene rings is 6. The van der Waals surface area contributed by atoms with Gasteiger partial charge >= 0.3 is 11.8 Å². The molecule has 2 aliphatic heterocycles. The maximum Gasteiger partial charge on any atom is 0.317 e. The van der Waals surface area contributed by atoms with Crippen LogP contribution in [0.1, 0.15) is 71.9 Å². The van der Waals surface area contributed by atoms with Crippen LogP contribution in [0.4, 0.5) is 22.7 Å². The van der Waals surface area contributed by atoms with Crippen LogP contribution in [0.2, 0.25) is 0 Å². The van der Waals surface area contributed by atoms with Gasteiger partial charge in [-0.15, -0.1) is 0 Å². The van der Waals surface area contributed by atoms with Crippen molar-refractivity contribution in [3.63, 3.8) is 0 Å². The van der Waals surface area contributed by atoms with E-state index in [1.165, 1.54) is 9.80 Å². The van der Waals surface area contributed by atoms with Crippen LogP contribution in [0.15, 0.2) is 192 Å². The second-order valence-electron chi connectivity index (χ2n) is 15.9. The van der Waals surface area contributed by atoms with Gasteiger partial charge in [0.15, 0.2) is 11.6 Å². The van der Waals surface area contributed by atoms with Gasteiger partial charge in [-0.05, 0) is 71.2 Å².